The molecule has 1 aromatic carbocycles. The third kappa shape index (κ3) is 8.51. The highest BCUT2D eigenvalue weighted by Crippen LogP contribution is 2.32. The number of rotatable bonds is 8. The number of likely N-dealkylation sites (tertiary alicyclic amines) is 1. The third-order valence-electron chi connectivity index (χ3n) is 6.99. The predicted octanol–water partition coefficient (Wildman–Crippen LogP) is 4.93. The Bertz CT molecular complexity index is 1260. The van der Waals surface area contributed by atoms with Crippen LogP contribution in [0.25, 0.3) is 10.4 Å². The molecule has 4 atom stereocenters. The molecular weight excluding hydrogens is 544 g/mol. The number of carbonyl (C=O) groups excluding carboxylic acids is 3. The first-order valence-corrected chi connectivity index (χ1v) is 14.7. The van der Waals surface area contributed by atoms with Crippen molar-refractivity contribution in [2.24, 2.45) is 11.3 Å². The number of nitrogens with one attached hydrogen (secondary N) is 2. The molecule has 2 heterocycles. The molecule has 0 unspecified atom stereocenters. The molecule has 1 aliphatic heterocycles. The minimum absolute atomic E-state index is 0.100. The largest absolute Gasteiger partial charge is 0.481 e. The van der Waals surface area contributed by atoms with E-state index in [1.165, 1.54) is 4.90 Å². The van der Waals surface area contributed by atoms with Crippen molar-refractivity contribution in [1.82, 2.24) is 20.5 Å². The second kappa shape index (κ2) is 12.6. The van der Waals surface area contributed by atoms with Crippen LogP contribution in [0, 0.1) is 18.3 Å². The van der Waals surface area contributed by atoms with Gasteiger partial charge < -0.3 is 25.4 Å². The Morgan fingerprint density at radius 3 is 2.24 bits per heavy atom. The molecular formula is C30H42N4O6S. The van der Waals surface area contributed by atoms with Crippen molar-refractivity contribution >= 4 is 35.2 Å². The van der Waals surface area contributed by atoms with Crippen LogP contribution in [0.3, 0.4) is 0 Å². The van der Waals surface area contributed by atoms with Gasteiger partial charge >= 0.3 is 12.1 Å². The fourth-order valence-electron chi connectivity index (χ4n) is 4.94. The number of amides is 3. The molecule has 0 aliphatic carbocycles. The summed E-state index contributed by atoms with van der Waals surface area (Å²) >= 11 is 1.57. The van der Waals surface area contributed by atoms with E-state index in [4.69, 9.17) is 4.74 Å². The van der Waals surface area contributed by atoms with Crippen molar-refractivity contribution < 1.29 is 29.0 Å². The highest BCUT2D eigenvalue weighted by Gasteiger charge is 2.45. The van der Waals surface area contributed by atoms with Crippen LogP contribution in [0.4, 0.5) is 4.79 Å². The quantitative estimate of drug-likeness (QED) is 0.399. The van der Waals surface area contributed by atoms with Gasteiger partial charge in [-0.1, -0.05) is 45.0 Å². The molecule has 0 saturated carbocycles. The van der Waals surface area contributed by atoms with Crippen molar-refractivity contribution in [3.05, 3.63) is 41.0 Å². The first kappa shape index (κ1) is 32.0. The molecule has 1 saturated heterocycles. The smallest absolute Gasteiger partial charge is 0.408 e. The van der Waals surface area contributed by atoms with E-state index >= 15 is 0 Å². The summed E-state index contributed by atoms with van der Waals surface area (Å²) in [5.74, 6) is -2.21. The van der Waals surface area contributed by atoms with Gasteiger partial charge in [0, 0.05) is 13.0 Å². The number of aliphatic carboxylic acids is 1. The van der Waals surface area contributed by atoms with Crippen molar-refractivity contribution in [1.29, 1.82) is 0 Å². The van der Waals surface area contributed by atoms with Crippen LogP contribution in [0.5, 0.6) is 0 Å². The SMILES string of the molecule is Cc1ncsc1-c1ccc([C@H](C)NC(=O)[C@@H]2C[C@H](CC(=O)O)CN2C(=O)[C@@H](NC(=O)OC(C)(C)C)C(C)(C)C)cc1. The highest BCUT2D eigenvalue weighted by molar-refractivity contribution is 7.13. The van der Waals surface area contributed by atoms with Gasteiger partial charge in [0.2, 0.25) is 11.8 Å². The number of carboxylic acid groups (broad SMARTS) is 1. The molecule has 224 valence electrons. The standard InChI is InChI=1S/C30H42N4O6S/c1-17(20-9-11-21(12-10-20)24-18(2)31-16-41-24)32-26(37)22-13-19(14-23(35)36)15-34(22)27(38)25(29(3,4)5)33-28(39)40-30(6,7)8/h9-12,16-17,19,22,25H,13-15H2,1-8H3,(H,32,37)(H,33,39)(H,35,36)/t17-,19+,22-,25+/m0/s1. The number of alkyl carbamates (subject to hydrolysis) is 1. The summed E-state index contributed by atoms with van der Waals surface area (Å²) in [5, 5.41) is 15.1. The Balaban J connectivity index is 1.80. The van der Waals surface area contributed by atoms with E-state index in [2.05, 4.69) is 15.6 Å². The van der Waals surface area contributed by atoms with Gasteiger partial charge in [-0.05, 0) is 63.5 Å². The zero-order valence-electron chi connectivity index (χ0n) is 25.1. The average molecular weight is 587 g/mol. The molecule has 0 spiro atoms. The fourth-order valence-corrected chi connectivity index (χ4v) is 5.76. The molecule has 0 radical (unpaired) electrons. The molecule has 3 rings (SSSR count). The van der Waals surface area contributed by atoms with E-state index in [1.54, 1.807) is 37.6 Å². The highest BCUT2D eigenvalue weighted by atomic mass is 32.1. The number of hydrogen-bond acceptors (Lipinski definition) is 7. The van der Waals surface area contributed by atoms with Crippen LogP contribution in [0.1, 0.15) is 78.6 Å². The van der Waals surface area contributed by atoms with Crippen LogP contribution in [-0.2, 0) is 19.1 Å². The Kier molecular flexibility index (Phi) is 9.84. The number of aromatic nitrogens is 1. The van der Waals surface area contributed by atoms with E-state index in [9.17, 15) is 24.3 Å². The Morgan fingerprint density at radius 2 is 1.73 bits per heavy atom. The van der Waals surface area contributed by atoms with Gasteiger partial charge in [-0.3, -0.25) is 14.4 Å². The maximum absolute atomic E-state index is 13.9. The minimum Gasteiger partial charge on any atom is -0.481 e. The molecule has 11 heteroatoms. The van der Waals surface area contributed by atoms with E-state index in [0.29, 0.717) is 0 Å². The van der Waals surface area contributed by atoms with Gasteiger partial charge in [0.25, 0.3) is 0 Å². The molecule has 3 amide bonds. The van der Waals surface area contributed by atoms with Crippen molar-refractivity contribution in [2.75, 3.05) is 6.54 Å². The summed E-state index contributed by atoms with van der Waals surface area (Å²) in [5.41, 5.74) is 3.24. The van der Waals surface area contributed by atoms with E-state index in [-0.39, 0.29) is 31.3 Å². The van der Waals surface area contributed by atoms with Gasteiger partial charge in [-0.25, -0.2) is 9.78 Å². The van der Waals surface area contributed by atoms with Crippen LogP contribution >= 0.6 is 11.3 Å². The van der Waals surface area contributed by atoms with Gasteiger partial charge in [-0.2, -0.15) is 0 Å². The maximum Gasteiger partial charge on any atom is 0.408 e. The summed E-state index contributed by atoms with van der Waals surface area (Å²) < 4.78 is 5.38. The molecule has 0 bridgehead atoms. The number of ether oxygens (including phenoxy) is 1. The molecule has 41 heavy (non-hydrogen) atoms. The maximum atomic E-state index is 13.9. The average Bonchev–Trinajstić information content (AvgIpc) is 3.46. The van der Waals surface area contributed by atoms with Crippen molar-refractivity contribution in [3.63, 3.8) is 0 Å². The van der Waals surface area contributed by atoms with E-state index in [1.807, 2.05) is 58.9 Å². The Morgan fingerprint density at radius 1 is 1.10 bits per heavy atom. The number of benzene rings is 1. The summed E-state index contributed by atoms with van der Waals surface area (Å²) in [6, 6.07) is 5.66. The lowest BCUT2D eigenvalue weighted by Crippen LogP contribution is -2.58. The zero-order valence-corrected chi connectivity index (χ0v) is 25.9. The molecule has 1 aromatic heterocycles. The normalized spacial score (nSPS) is 18.9. The summed E-state index contributed by atoms with van der Waals surface area (Å²) in [4.78, 5) is 58.4. The Hall–Kier alpha value is -3.47. The fraction of sp³-hybridized carbons (Fsp3) is 0.567. The van der Waals surface area contributed by atoms with Crippen LogP contribution in [0.2, 0.25) is 0 Å². The first-order valence-electron chi connectivity index (χ1n) is 13.8. The number of nitrogens with zero attached hydrogens (tertiary/aromatic N) is 2. The van der Waals surface area contributed by atoms with Crippen LogP contribution in [0.15, 0.2) is 29.8 Å². The lowest BCUT2D eigenvalue weighted by molar-refractivity contribution is -0.142. The van der Waals surface area contributed by atoms with E-state index in [0.717, 1.165) is 21.7 Å². The summed E-state index contributed by atoms with van der Waals surface area (Å²) in [6.07, 6.45) is -0.691. The predicted molar refractivity (Wildman–Crippen MR) is 157 cm³/mol. The van der Waals surface area contributed by atoms with Gasteiger partial charge in [-0.15, -0.1) is 11.3 Å². The lowest BCUT2D eigenvalue weighted by Gasteiger charge is -2.36. The van der Waals surface area contributed by atoms with Gasteiger partial charge in [0.15, 0.2) is 0 Å². The summed E-state index contributed by atoms with van der Waals surface area (Å²) in [6.45, 7) is 14.5. The van der Waals surface area contributed by atoms with Gasteiger partial charge in [0.1, 0.15) is 17.7 Å². The molecule has 1 aliphatic rings. The molecule has 2 aromatic rings. The molecule has 10 nitrogen and oxygen atoms in total. The van der Waals surface area contributed by atoms with E-state index < -0.39 is 47.0 Å². The second-order valence-electron chi connectivity index (χ2n) is 12.8. The zero-order chi connectivity index (χ0) is 30.7. The van der Waals surface area contributed by atoms with Crippen LogP contribution < -0.4 is 10.6 Å². The molecule has 3 N–H and O–H groups in total. The number of hydrogen-bond donors (Lipinski definition) is 3. The minimum atomic E-state index is -0.993. The summed E-state index contributed by atoms with van der Waals surface area (Å²) in [7, 11) is 0. The van der Waals surface area contributed by atoms with Crippen LogP contribution in [-0.4, -0.2) is 63.1 Å². The number of thiazole rings is 1. The third-order valence-corrected chi connectivity index (χ3v) is 7.97. The molecule has 1 fully saturated rings. The Labute approximate surface area is 245 Å². The van der Waals surface area contributed by atoms with Gasteiger partial charge in [0.05, 0.1) is 22.1 Å². The number of carboxylic acids is 1. The first-order chi connectivity index (χ1) is 19.0. The number of carbonyl (C=O) groups is 4. The number of aryl methyl sites for hydroxylation is 1. The lowest BCUT2D eigenvalue weighted by atomic mass is 9.85. The van der Waals surface area contributed by atoms with Crippen molar-refractivity contribution in [2.45, 2.75) is 92.0 Å². The topological polar surface area (TPSA) is 138 Å². The van der Waals surface area contributed by atoms with Crippen molar-refractivity contribution in [3.8, 4) is 10.4 Å². The second-order valence-corrected chi connectivity index (χ2v) is 13.6. The monoisotopic (exact) mass is 586 g/mol.